The number of carbonyl (C=O) groups is 1. The summed E-state index contributed by atoms with van der Waals surface area (Å²) in [5.74, 6) is 2.24. The number of rotatable bonds is 8. The molecule has 9 nitrogen and oxygen atoms in total. The molecule has 3 aliphatic rings. The first-order valence-electron chi connectivity index (χ1n) is 12.5. The molecule has 2 fully saturated rings. The van der Waals surface area contributed by atoms with Crippen LogP contribution in [0.25, 0.3) is 0 Å². The van der Waals surface area contributed by atoms with Crippen molar-refractivity contribution in [2.24, 2.45) is 5.10 Å². The average molecular weight is 479 g/mol. The lowest BCUT2D eigenvalue weighted by atomic mass is 10.0. The second kappa shape index (κ2) is 10.9. The number of benzene rings is 2. The van der Waals surface area contributed by atoms with E-state index in [-0.39, 0.29) is 24.5 Å². The molecule has 0 radical (unpaired) electrons. The highest BCUT2D eigenvalue weighted by Crippen LogP contribution is 2.36. The zero-order valence-corrected chi connectivity index (χ0v) is 20.2. The Bertz CT molecular complexity index is 1040. The van der Waals surface area contributed by atoms with Crippen LogP contribution in [0.2, 0.25) is 0 Å². The van der Waals surface area contributed by atoms with E-state index in [4.69, 9.17) is 9.47 Å². The van der Waals surface area contributed by atoms with Gasteiger partial charge in [-0.2, -0.15) is 0 Å². The zero-order chi connectivity index (χ0) is 24.0. The van der Waals surface area contributed by atoms with Crippen molar-refractivity contribution in [3.8, 4) is 11.5 Å². The van der Waals surface area contributed by atoms with E-state index < -0.39 is 0 Å². The lowest BCUT2D eigenvalue weighted by Gasteiger charge is -2.43. The van der Waals surface area contributed by atoms with E-state index in [0.29, 0.717) is 12.4 Å². The SMILES string of the molecule is COc1ccc(N2CCN(C(=O)CC3=NNNN3)[C@@H](Cc3ccccc3)C2)cc1OC1CCCC1. The van der Waals surface area contributed by atoms with Gasteiger partial charge in [-0.3, -0.25) is 10.2 Å². The van der Waals surface area contributed by atoms with Crippen LogP contribution >= 0.6 is 0 Å². The lowest BCUT2D eigenvalue weighted by molar-refractivity contribution is -0.132. The van der Waals surface area contributed by atoms with Gasteiger partial charge in [-0.05, 0) is 49.8 Å². The topological polar surface area (TPSA) is 90.5 Å². The number of ether oxygens (including phenoxy) is 2. The van der Waals surface area contributed by atoms with E-state index in [1.165, 1.54) is 18.4 Å². The van der Waals surface area contributed by atoms with E-state index in [2.05, 4.69) is 50.8 Å². The van der Waals surface area contributed by atoms with Crippen LogP contribution in [0.4, 0.5) is 5.69 Å². The van der Waals surface area contributed by atoms with Gasteiger partial charge in [0.25, 0.3) is 0 Å². The molecule has 9 heteroatoms. The van der Waals surface area contributed by atoms with Crippen molar-refractivity contribution in [3.63, 3.8) is 0 Å². The van der Waals surface area contributed by atoms with Crippen LogP contribution in [0.15, 0.2) is 53.6 Å². The summed E-state index contributed by atoms with van der Waals surface area (Å²) in [6.45, 7) is 2.14. The van der Waals surface area contributed by atoms with E-state index in [1.54, 1.807) is 7.11 Å². The number of carbonyl (C=O) groups excluding carboxylic acids is 1. The van der Waals surface area contributed by atoms with Gasteiger partial charge in [-0.1, -0.05) is 30.3 Å². The molecular weight excluding hydrogens is 444 g/mol. The fraction of sp³-hybridized carbons (Fsp3) is 0.462. The number of amides is 1. The second-order valence-corrected chi connectivity index (χ2v) is 9.33. The second-order valence-electron chi connectivity index (χ2n) is 9.33. The number of nitrogens with one attached hydrogen (secondary N) is 3. The minimum absolute atomic E-state index is 0.0443. The van der Waals surface area contributed by atoms with Crippen LogP contribution in [-0.4, -0.2) is 55.5 Å². The Hall–Kier alpha value is -3.46. The van der Waals surface area contributed by atoms with Crippen molar-refractivity contribution in [2.75, 3.05) is 31.6 Å². The Labute approximate surface area is 206 Å². The summed E-state index contributed by atoms with van der Waals surface area (Å²) in [7, 11) is 1.69. The fourth-order valence-electron chi connectivity index (χ4n) is 5.17. The zero-order valence-electron chi connectivity index (χ0n) is 20.2. The first-order valence-corrected chi connectivity index (χ1v) is 12.5. The van der Waals surface area contributed by atoms with Crippen molar-refractivity contribution >= 4 is 17.4 Å². The average Bonchev–Trinajstić information content (AvgIpc) is 3.59. The van der Waals surface area contributed by atoms with Crippen LogP contribution in [0.3, 0.4) is 0 Å². The van der Waals surface area contributed by atoms with Crippen molar-refractivity contribution < 1.29 is 14.3 Å². The number of amidine groups is 1. The predicted octanol–water partition coefficient (Wildman–Crippen LogP) is 2.59. The molecule has 0 unspecified atom stereocenters. The molecule has 0 bridgehead atoms. The van der Waals surface area contributed by atoms with E-state index in [0.717, 1.165) is 49.5 Å². The van der Waals surface area contributed by atoms with Crippen molar-refractivity contribution in [2.45, 2.75) is 50.7 Å². The predicted molar refractivity (Wildman–Crippen MR) is 135 cm³/mol. The maximum absolute atomic E-state index is 13.2. The molecule has 2 aliphatic heterocycles. The van der Waals surface area contributed by atoms with Gasteiger partial charge in [0.2, 0.25) is 5.91 Å². The normalized spacial score (nSPS) is 20.3. The Morgan fingerprint density at radius 3 is 2.66 bits per heavy atom. The van der Waals surface area contributed by atoms with Gasteiger partial charge in [-0.25, -0.2) is 5.53 Å². The minimum atomic E-state index is 0.0443. The summed E-state index contributed by atoms with van der Waals surface area (Å²) in [5.41, 5.74) is 10.5. The Kier molecular flexibility index (Phi) is 7.23. The molecule has 1 atom stereocenters. The largest absolute Gasteiger partial charge is 0.493 e. The Morgan fingerprint density at radius 2 is 1.91 bits per heavy atom. The summed E-state index contributed by atoms with van der Waals surface area (Å²) >= 11 is 0. The van der Waals surface area contributed by atoms with E-state index >= 15 is 0 Å². The summed E-state index contributed by atoms with van der Waals surface area (Å²) in [4.78, 5) is 17.6. The molecule has 35 heavy (non-hydrogen) atoms. The van der Waals surface area contributed by atoms with Crippen LogP contribution in [0, 0.1) is 0 Å². The van der Waals surface area contributed by atoms with Gasteiger partial charge < -0.3 is 19.3 Å². The standard InChI is InChI=1S/C26H34N6O3/c1-34-23-12-11-20(16-24(23)35-22-9-5-6-10-22)31-13-14-32(26(33)17-25-27-29-30-28-25)21(18-31)15-19-7-3-2-4-8-19/h2-4,7-8,11-12,16,21-22,29-30H,5-6,9-10,13-15,17-18H2,1H3,(H,27,28)/t21-/m0/s1. The molecular formula is C26H34N6O3. The minimum Gasteiger partial charge on any atom is -0.493 e. The molecule has 1 saturated heterocycles. The van der Waals surface area contributed by atoms with Gasteiger partial charge in [-0.15, -0.1) is 10.6 Å². The summed E-state index contributed by atoms with van der Waals surface area (Å²) in [6, 6.07) is 16.6. The van der Waals surface area contributed by atoms with Crippen molar-refractivity contribution in [1.29, 1.82) is 0 Å². The van der Waals surface area contributed by atoms with Crippen LogP contribution in [-0.2, 0) is 11.2 Å². The highest BCUT2D eigenvalue weighted by Gasteiger charge is 2.32. The molecule has 1 amide bonds. The van der Waals surface area contributed by atoms with Gasteiger partial charge in [0.1, 0.15) is 5.84 Å². The van der Waals surface area contributed by atoms with E-state index in [9.17, 15) is 4.79 Å². The molecule has 0 spiro atoms. The maximum Gasteiger partial charge on any atom is 0.230 e. The Balaban J connectivity index is 1.34. The summed E-state index contributed by atoms with van der Waals surface area (Å²) in [5, 5.41) is 4.07. The van der Waals surface area contributed by atoms with Gasteiger partial charge in [0.15, 0.2) is 11.5 Å². The first kappa shape index (κ1) is 23.3. The van der Waals surface area contributed by atoms with Crippen LogP contribution < -0.4 is 30.9 Å². The molecule has 1 aliphatic carbocycles. The van der Waals surface area contributed by atoms with Gasteiger partial charge in [0, 0.05) is 31.4 Å². The molecule has 3 N–H and O–H groups in total. The van der Waals surface area contributed by atoms with Crippen LogP contribution in [0.1, 0.15) is 37.7 Å². The van der Waals surface area contributed by atoms with Crippen LogP contribution in [0.5, 0.6) is 11.5 Å². The highest BCUT2D eigenvalue weighted by molar-refractivity contribution is 6.00. The molecule has 2 aromatic rings. The lowest BCUT2D eigenvalue weighted by Crippen LogP contribution is -2.56. The van der Waals surface area contributed by atoms with Gasteiger partial charge >= 0.3 is 0 Å². The third kappa shape index (κ3) is 5.62. The summed E-state index contributed by atoms with van der Waals surface area (Å²) < 4.78 is 11.9. The van der Waals surface area contributed by atoms with E-state index in [1.807, 2.05) is 29.2 Å². The number of hydrogen-bond acceptors (Lipinski definition) is 8. The first-order chi connectivity index (χ1) is 17.2. The quantitative estimate of drug-likeness (QED) is 0.537. The molecule has 2 aromatic carbocycles. The number of hydrazone groups is 1. The number of piperazine rings is 1. The monoisotopic (exact) mass is 478 g/mol. The molecule has 1 saturated carbocycles. The molecule has 5 rings (SSSR count). The van der Waals surface area contributed by atoms with Crippen molar-refractivity contribution in [3.05, 3.63) is 54.1 Å². The molecule has 0 aromatic heterocycles. The van der Waals surface area contributed by atoms with Gasteiger partial charge in [0.05, 0.1) is 25.7 Å². The molecule has 2 heterocycles. The maximum atomic E-state index is 13.2. The number of hydrazine groups is 2. The number of nitrogens with zero attached hydrogens (tertiary/aromatic N) is 3. The third-order valence-electron chi connectivity index (χ3n) is 7.00. The highest BCUT2D eigenvalue weighted by atomic mass is 16.5. The number of anilines is 1. The summed E-state index contributed by atoms with van der Waals surface area (Å²) in [6.07, 6.45) is 5.91. The fourth-order valence-corrected chi connectivity index (χ4v) is 5.17. The van der Waals surface area contributed by atoms with Crippen molar-refractivity contribution in [1.82, 2.24) is 21.4 Å². The number of hydrogen-bond donors (Lipinski definition) is 3. The number of methoxy groups -OCH3 is 1. The third-order valence-corrected chi connectivity index (χ3v) is 7.00. The molecule has 186 valence electrons. The Morgan fingerprint density at radius 1 is 1.09 bits per heavy atom. The smallest absolute Gasteiger partial charge is 0.230 e.